The Bertz CT molecular complexity index is 100. The molecule has 1 aliphatic rings. The van der Waals surface area contributed by atoms with Crippen LogP contribution >= 0.6 is 0 Å². The highest BCUT2D eigenvalue weighted by atomic mass is 28.3. The van der Waals surface area contributed by atoms with Gasteiger partial charge in [0.2, 0.25) is 0 Å². The minimum atomic E-state index is -1.11. The quantitative estimate of drug-likeness (QED) is 0.595. The van der Waals surface area contributed by atoms with E-state index in [9.17, 15) is 0 Å². The predicted octanol–water partition coefficient (Wildman–Crippen LogP) is 1.77. The van der Waals surface area contributed by atoms with Crippen molar-refractivity contribution in [3.63, 3.8) is 0 Å². The third kappa shape index (κ3) is 2.84. The van der Waals surface area contributed by atoms with Crippen molar-refractivity contribution in [2.75, 3.05) is 0 Å². The van der Waals surface area contributed by atoms with Gasteiger partial charge in [0.15, 0.2) is 0 Å². The lowest BCUT2D eigenvalue weighted by molar-refractivity contribution is 1.01. The maximum atomic E-state index is 3.50. The second-order valence-electron chi connectivity index (χ2n) is 3.55. The van der Waals surface area contributed by atoms with Crippen molar-refractivity contribution in [2.24, 2.45) is 0 Å². The van der Waals surface area contributed by atoms with Crippen LogP contribution in [0.4, 0.5) is 0 Å². The summed E-state index contributed by atoms with van der Waals surface area (Å²) in [5, 5.41) is 0. The first-order chi connectivity index (χ1) is 4.58. The molecule has 0 aromatic carbocycles. The van der Waals surface area contributed by atoms with E-state index >= 15 is 0 Å². The summed E-state index contributed by atoms with van der Waals surface area (Å²) in [4.78, 5) is 3.50. The van der Waals surface area contributed by atoms with Crippen LogP contribution in [-0.2, 0) is 0 Å². The molecular weight excluding hydrogens is 138 g/mol. The summed E-state index contributed by atoms with van der Waals surface area (Å²) in [7, 11) is -1.11. The number of hydrogen-bond acceptors (Lipinski definition) is 1. The number of nitrogens with one attached hydrogen (secondary N) is 1. The Kier molecular flexibility index (Phi) is 2.53. The molecule has 0 aromatic rings. The van der Waals surface area contributed by atoms with Crippen LogP contribution in [0.5, 0.6) is 0 Å². The van der Waals surface area contributed by atoms with Crippen molar-refractivity contribution in [2.45, 2.75) is 19.6 Å². The molecule has 0 bridgehead atoms. The van der Waals surface area contributed by atoms with E-state index in [2.05, 4.69) is 50.3 Å². The molecule has 1 nitrogen and oxygen atoms in total. The zero-order valence-corrected chi connectivity index (χ0v) is 7.81. The average molecular weight is 152 g/mol. The molecule has 55 valence electrons. The fraction of sp³-hybridized carbons (Fsp3) is 0.375. The summed E-state index contributed by atoms with van der Waals surface area (Å²) in [6.45, 7) is 6.88. The van der Waals surface area contributed by atoms with E-state index in [-0.39, 0.29) is 0 Å². The molecule has 2 heteroatoms. The maximum absolute atomic E-state index is 3.50. The monoisotopic (exact) mass is 152 g/mol. The van der Waals surface area contributed by atoms with Gasteiger partial charge in [0, 0.05) is 6.04 Å². The van der Waals surface area contributed by atoms with Crippen molar-refractivity contribution in [3.05, 3.63) is 31.7 Å². The molecule has 0 unspecified atom stereocenters. The Balaban J connectivity index is 2.24. The Labute approximate surface area is 65.3 Å². The SMILES string of the molecule is C[Si](C)(C)N[C]1[CH][CH][CH][CH]1. The van der Waals surface area contributed by atoms with Crippen LogP contribution < -0.4 is 4.98 Å². The van der Waals surface area contributed by atoms with Crippen LogP contribution in [-0.4, -0.2) is 8.24 Å². The van der Waals surface area contributed by atoms with E-state index in [1.165, 1.54) is 6.04 Å². The van der Waals surface area contributed by atoms with Gasteiger partial charge < -0.3 is 4.98 Å². The number of hydrogen-bond donors (Lipinski definition) is 1. The van der Waals surface area contributed by atoms with E-state index in [1.54, 1.807) is 0 Å². The molecule has 1 rings (SSSR count). The lowest BCUT2D eigenvalue weighted by Gasteiger charge is -2.22. The van der Waals surface area contributed by atoms with Crippen molar-refractivity contribution in [3.8, 4) is 0 Å². The van der Waals surface area contributed by atoms with Crippen molar-refractivity contribution in [1.82, 2.24) is 4.98 Å². The molecule has 1 N–H and O–H groups in total. The van der Waals surface area contributed by atoms with Gasteiger partial charge in [-0.1, -0.05) is 19.6 Å². The molecule has 5 radical (unpaired) electrons. The third-order valence-corrected chi connectivity index (χ3v) is 2.22. The second kappa shape index (κ2) is 3.05. The summed E-state index contributed by atoms with van der Waals surface area (Å²) in [5.74, 6) is 0. The summed E-state index contributed by atoms with van der Waals surface area (Å²) >= 11 is 0. The van der Waals surface area contributed by atoms with E-state index in [0.29, 0.717) is 0 Å². The van der Waals surface area contributed by atoms with Gasteiger partial charge in [0.1, 0.15) is 8.24 Å². The number of rotatable bonds is 2. The first-order valence-electron chi connectivity index (χ1n) is 3.58. The minimum absolute atomic E-state index is 1.11. The molecule has 10 heavy (non-hydrogen) atoms. The van der Waals surface area contributed by atoms with Gasteiger partial charge in [-0.25, -0.2) is 0 Å². The highest BCUT2D eigenvalue weighted by Gasteiger charge is 2.23. The second-order valence-corrected chi connectivity index (χ2v) is 8.30. The third-order valence-electron chi connectivity index (χ3n) is 1.18. The van der Waals surface area contributed by atoms with Gasteiger partial charge in [0.05, 0.1) is 0 Å². The van der Waals surface area contributed by atoms with Gasteiger partial charge >= 0.3 is 0 Å². The molecule has 0 saturated heterocycles. The average Bonchev–Trinajstić information content (AvgIpc) is 2.12. The highest BCUT2D eigenvalue weighted by molar-refractivity contribution is 6.74. The molecule has 0 atom stereocenters. The lowest BCUT2D eigenvalue weighted by atomic mass is 10.3. The van der Waals surface area contributed by atoms with Gasteiger partial charge in [-0.05, 0) is 25.7 Å². The molecule has 0 aliphatic heterocycles. The Hall–Kier alpha value is 0.177. The Morgan fingerprint density at radius 3 is 2.00 bits per heavy atom. The summed E-state index contributed by atoms with van der Waals surface area (Å²) < 4.78 is 0. The Morgan fingerprint density at radius 2 is 1.60 bits per heavy atom. The topological polar surface area (TPSA) is 12.0 Å². The van der Waals surface area contributed by atoms with Gasteiger partial charge in [-0.3, -0.25) is 0 Å². The van der Waals surface area contributed by atoms with Crippen molar-refractivity contribution >= 4 is 8.24 Å². The van der Waals surface area contributed by atoms with E-state index < -0.39 is 8.24 Å². The van der Waals surface area contributed by atoms with Gasteiger partial charge in [-0.2, -0.15) is 0 Å². The van der Waals surface area contributed by atoms with Crippen molar-refractivity contribution in [1.29, 1.82) is 0 Å². The first-order valence-corrected chi connectivity index (χ1v) is 7.08. The smallest absolute Gasteiger partial charge is 0.116 e. The largest absolute Gasteiger partial charge is 0.330 e. The molecule has 1 saturated carbocycles. The maximum Gasteiger partial charge on any atom is 0.116 e. The van der Waals surface area contributed by atoms with Crippen LogP contribution in [0.1, 0.15) is 0 Å². The van der Waals surface area contributed by atoms with Gasteiger partial charge in [0.25, 0.3) is 0 Å². The predicted molar refractivity (Wildman–Crippen MR) is 46.9 cm³/mol. The van der Waals surface area contributed by atoms with Crippen LogP contribution in [0, 0.1) is 31.7 Å². The van der Waals surface area contributed by atoms with E-state index in [4.69, 9.17) is 0 Å². The normalized spacial score (nSPS) is 21.9. The minimum Gasteiger partial charge on any atom is -0.330 e. The van der Waals surface area contributed by atoms with E-state index in [0.717, 1.165) is 0 Å². The Morgan fingerprint density at radius 1 is 1.10 bits per heavy atom. The molecule has 1 aliphatic carbocycles. The molecule has 1 fully saturated rings. The van der Waals surface area contributed by atoms with Crippen LogP contribution in [0.3, 0.4) is 0 Å². The van der Waals surface area contributed by atoms with Crippen molar-refractivity contribution < 1.29 is 0 Å². The first kappa shape index (κ1) is 8.28. The van der Waals surface area contributed by atoms with Gasteiger partial charge in [-0.15, -0.1) is 0 Å². The molecule has 0 amide bonds. The molecular formula is C8H14NSi. The standard InChI is InChI=1S/C8H14NSi/c1-10(2,3)9-8-6-4-5-7-8/h4-7,9H,1-3H3. The summed E-state index contributed by atoms with van der Waals surface area (Å²) in [6.07, 6.45) is 8.33. The fourth-order valence-corrected chi connectivity index (χ4v) is 1.92. The molecule has 0 spiro atoms. The van der Waals surface area contributed by atoms with Crippen LogP contribution in [0.25, 0.3) is 0 Å². The zero-order chi connectivity index (χ0) is 7.61. The highest BCUT2D eigenvalue weighted by Crippen LogP contribution is 2.21. The molecule has 0 heterocycles. The fourth-order valence-electron chi connectivity index (χ4n) is 0.890. The summed E-state index contributed by atoms with van der Waals surface area (Å²) in [5.41, 5.74) is 0. The van der Waals surface area contributed by atoms with E-state index in [1.807, 2.05) is 0 Å². The summed E-state index contributed by atoms with van der Waals surface area (Å²) in [6, 6.07) is 1.26. The van der Waals surface area contributed by atoms with Crippen LogP contribution in [0.2, 0.25) is 19.6 Å². The lowest BCUT2D eigenvalue weighted by Crippen LogP contribution is -2.43. The van der Waals surface area contributed by atoms with Crippen LogP contribution in [0.15, 0.2) is 0 Å². The zero-order valence-electron chi connectivity index (χ0n) is 6.81. The molecule has 0 aromatic heterocycles.